The number of methoxy groups -OCH3 is 2. The quantitative estimate of drug-likeness (QED) is 0.553. The fourth-order valence-corrected chi connectivity index (χ4v) is 4.06. The molecule has 174 valence electrons. The first-order valence-electron chi connectivity index (χ1n) is 11.1. The summed E-state index contributed by atoms with van der Waals surface area (Å²) in [5.41, 5.74) is 5.89. The summed E-state index contributed by atoms with van der Waals surface area (Å²) in [7, 11) is 3.42. The average molecular weight is 450 g/mol. The molecular weight excluding hydrogens is 418 g/mol. The zero-order valence-electron chi connectivity index (χ0n) is 19.7. The standard InChI is InChI=1S/C25H31N5O3/c1-17-11-18(2)28-25(27-17)29-21-6-7-22(26-13-21)24-15-30(9-10-33-24)14-20-12-19(16-31-3)5-8-23(20)32-4/h5-8,11-13,24H,9-10,14-16H2,1-4H3,(H,27,28,29)/t24-/m1/s1. The van der Waals surface area contributed by atoms with Gasteiger partial charge < -0.3 is 19.5 Å². The molecule has 33 heavy (non-hydrogen) atoms. The molecule has 0 amide bonds. The van der Waals surface area contributed by atoms with Crippen molar-refractivity contribution in [2.45, 2.75) is 33.1 Å². The number of ether oxygens (including phenoxy) is 3. The van der Waals surface area contributed by atoms with Crippen molar-refractivity contribution in [1.29, 1.82) is 0 Å². The minimum Gasteiger partial charge on any atom is -0.496 e. The minimum absolute atomic E-state index is 0.0848. The number of hydrogen-bond acceptors (Lipinski definition) is 8. The van der Waals surface area contributed by atoms with E-state index in [-0.39, 0.29) is 6.10 Å². The Morgan fingerprint density at radius 2 is 1.91 bits per heavy atom. The number of aromatic nitrogens is 3. The Kier molecular flexibility index (Phi) is 7.49. The summed E-state index contributed by atoms with van der Waals surface area (Å²) < 4.78 is 16.9. The van der Waals surface area contributed by atoms with Crippen LogP contribution in [-0.2, 0) is 22.6 Å². The summed E-state index contributed by atoms with van der Waals surface area (Å²) in [5, 5.41) is 3.23. The van der Waals surface area contributed by atoms with Crippen LogP contribution < -0.4 is 10.1 Å². The molecule has 1 fully saturated rings. The second-order valence-electron chi connectivity index (χ2n) is 8.24. The van der Waals surface area contributed by atoms with Crippen LogP contribution in [0.15, 0.2) is 42.6 Å². The lowest BCUT2D eigenvalue weighted by Gasteiger charge is -2.33. The SMILES string of the molecule is COCc1ccc(OC)c(CN2CCO[C@@H](c3ccc(Nc4nc(C)cc(C)n4)cn3)C2)c1. The van der Waals surface area contributed by atoms with Gasteiger partial charge in [-0.05, 0) is 49.7 Å². The lowest BCUT2D eigenvalue weighted by molar-refractivity contribution is -0.0351. The van der Waals surface area contributed by atoms with Crippen molar-refractivity contribution in [3.63, 3.8) is 0 Å². The van der Waals surface area contributed by atoms with Gasteiger partial charge in [-0.25, -0.2) is 9.97 Å². The maximum atomic E-state index is 6.04. The number of anilines is 2. The molecule has 4 rings (SSSR count). The highest BCUT2D eigenvalue weighted by Gasteiger charge is 2.24. The summed E-state index contributed by atoms with van der Waals surface area (Å²) in [6.07, 6.45) is 1.72. The van der Waals surface area contributed by atoms with Crippen molar-refractivity contribution in [3.05, 3.63) is 70.8 Å². The predicted octanol–water partition coefficient (Wildman–Crippen LogP) is 3.96. The maximum absolute atomic E-state index is 6.04. The second-order valence-corrected chi connectivity index (χ2v) is 8.24. The van der Waals surface area contributed by atoms with Crippen molar-refractivity contribution < 1.29 is 14.2 Å². The van der Waals surface area contributed by atoms with Crippen molar-refractivity contribution in [2.75, 3.05) is 39.2 Å². The van der Waals surface area contributed by atoms with Gasteiger partial charge in [0.05, 0.1) is 37.9 Å². The molecule has 0 aliphatic carbocycles. The van der Waals surface area contributed by atoms with Gasteiger partial charge in [0.25, 0.3) is 0 Å². The van der Waals surface area contributed by atoms with E-state index in [1.54, 1.807) is 20.4 Å². The molecule has 0 spiro atoms. The van der Waals surface area contributed by atoms with Gasteiger partial charge in [-0.3, -0.25) is 9.88 Å². The molecule has 1 saturated heterocycles. The Morgan fingerprint density at radius 1 is 1.09 bits per heavy atom. The van der Waals surface area contributed by atoms with Gasteiger partial charge in [-0.1, -0.05) is 6.07 Å². The first-order chi connectivity index (χ1) is 16.0. The lowest BCUT2D eigenvalue weighted by Crippen LogP contribution is -2.38. The Morgan fingerprint density at radius 3 is 2.61 bits per heavy atom. The molecule has 2 aromatic heterocycles. The molecule has 0 unspecified atom stereocenters. The Balaban J connectivity index is 1.42. The highest BCUT2D eigenvalue weighted by atomic mass is 16.5. The number of pyridine rings is 1. The summed E-state index contributed by atoms with van der Waals surface area (Å²) in [6, 6.07) is 12.1. The highest BCUT2D eigenvalue weighted by molar-refractivity contribution is 5.52. The topological polar surface area (TPSA) is 81.6 Å². The van der Waals surface area contributed by atoms with Crippen LogP contribution in [0.3, 0.4) is 0 Å². The molecular formula is C25H31N5O3. The summed E-state index contributed by atoms with van der Waals surface area (Å²) >= 11 is 0. The van der Waals surface area contributed by atoms with E-state index in [4.69, 9.17) is 14.2 Å². The number of hydrogen-bond donors (Lipinski definition) is 1. The molecule has 1 N–H and O–H groups in total. The second kappa shape index (κ2) is 10.7. The molecule has 0 saturated carbocycles. The monoisotopic (exact) mass is 449 g/mol. The van der Waals surface area contributed by atoms with Crippen LogP contribution in [0.2, 0.25) is 0 Å². The Labute approximate surface area is 194 Å². The van der Waals surface area contributed by atoms with E-state index in [0.717, 1.165) is 59.3 Å². The van der Waals surface area contributed by atoms with Crippen LogP contribution in [0, 0.1) is 13.8 Å². The third-order valence-electron chi connectivity index (χ3n) is 5.56. The molecule has 0 bridgehead atoms. The van der Waals surface area contributed by atoms with Crippen molar-refractivity contribution in [3.8, 4) is 5.75 Å². The zero-order chi connectivity index (χ0) is 23.2. The first kappa shape index (κ1) is 23.1. The van der Waals surface area contributed by atoms with Gasteiger partial charge >= 0.3 is 0 Å². The third-order valence-corrected chi connectivity index (χ3v) is 5.56. The van der Waals surface area contributed by atoms with Crippen LogP contribution in [0.25, 0.3) is 0 Å². The molecule has 3 aromatic rings. The highest BCUT2D eigenvalue weighted by Crippen LogP contribution is 2.27. The van der Waals surface area contributed by atoms with Crippen LogP contribution in [0.4, 0.5) is 11.6 Å². The number of rotatable bonds is 8. The normalized spacial score (nSPS) is 16.5. The van der Waals surface area contributed by atoms with Crippen LogP contribution in [0.5, 0.6) is 5.75 Å². The molecule has 1 atom stereocenters. The molecule has 8 nitrogen and oxygen atoms in total. The van der Waals surface area contributed by atoms with Gasteiger partial charge in [0.1, 0.15) is 11.9 Å². The zero-order valence-corrected chi connectivity index (χ0v) is 19.7. The predicted molar refractivity (Wildman–Crippen MR) is 127 cm³/mol. The van der Waals surface area contributed by atoms with Gasteiger partial charge in [0.15, 0.2) is 0 Å². The molecule has 0 radical (unpaired) electrons. The van der Waals surface area contributed by atoms with E-state index < -0.39 is 0 Å². The van der Waals surface area contributed by atoms with Crippen LogP contribution in [0.1, 0.15) is 34.3 Å². The number of morpholine rings is 1. The van der Waals surface area contributed by atoms with E-state index in [0.29, 0.717) is 19.2 Å². The van der Waals surface area contributed by atoms with Gasteiger partial charge in [0, 0.05) is 43.7 Å². The van der Waals surface area contributed by atoms with E-state index in [1.807, 2.05) is 44.2 Å². The number of benzene rings is 1. The van der Waals surface area contributed by atoms with E-state index >= 15 is 0 Å². The van der Waals surface area contributed by atoms with Gasteiger partial charge in [0.2, 0.25) is 5.95 Å². The number of nitrogens with zero attached hydrogens (tertiary/aromatic N) is 4. The fourth-order valence-electron chi connectivity index (χ4n) is 4.06. The summed E-state index contributed by atoms with van der Waals surface area (Å²) in [6.45, 7) is 7.55. The van der Waals surface area contributed by atoms with E-state index in [2.05, 4.69) is 31.2 Å². The van der Waals surface area contributed by atoms with Gasteiger partial charge in [-0.15, -0.1) is 0 Å². The van der Waals surface area contributed by atoms with Crippen molar-refractivity contribution in [2.24, 2.45) is 0 Å². The van der Waals surface area contributed by atoms with Crippen LogP contribution >= 0.6 is 0 Å². The number of nitrogens with one attached hydrogen (secondary N) is 1. The third kappa shape index (κ3) is 6.04. The smallest absolute Gasteiger partial charge is 0.227 e. The molecule has 1 aliphatic rings. The lowest BCUT2D eigenvalue weighted by atomic mass is 10.1. The maximum Gasteiger partial charge on any atom is 0.227 e. The molecule has 8 heteroatoms. The summed E-state index contributed by atoms with van der Waals surface area (Å²) in [4.78, 5) is 15.9. The molecule has 3 heterocycles. The average Bonchev–Trinajstić information content (AvgIpc) is 2.80. The first-order valence-corrected chi connectivity index (χ1v) is 11.1. The number of aryl methyl sites for hydroxylation is 2. The van der Waals surface area contributed by atoms with Crippen molar-refractivity contribution >= 4 is 11.6 Å². The minimum atomic E-state index is -0.0848. The fraction of sp³-hybridized carbons (Fsp3) is 0.400. The van der Waals surface area contributed by atoms with E-state index in [9.17, 15) is 0 Å². The van der Waals surface area contributed by atoms with Gasteiger partial charge in [-0.2, -0.15) is 0 Å². The largest absolute Gasteiger partial charge is 0.496 e. The molecule has 1 aromatic carbocycles. The summed E-state index contributed by atoms with van der Waals surface area (Å²) in [5.74, 6) is 1.46. The Bertz CT molecular complexity index is 1050. The molecule has 1 aliphatic heterocycles. The Hall–Kier alpha value is -3.07. The van der Waals surface area contributed by atoms with E-state index in [1.165, 1.54) is 0 Å². The van der Waals surface area contributed by atoms with Crippen molar-refractivity contribution in [1.82, 2.24) is 19.9 Å². The van der Waals surface area contributed by atoms with Crippen LogP contribution in [-0.4, -0.2) is 53.8 Å².